The van der Waals surface area contributed by atoms with E-state index >= 15 is 0 Å². The maximum Gasteiger partial charge on any atom is 0.143 e. The summed E-state index contributed by atoms with van der Waals surface area (Å²) >= 11 is 0. The van der Waals surface area contributed by atoms with Crippen molar-refractivity contribution in [3.63, 3.8) is 0 Å². The van der Waals surface area contributed by atoms with E-state index in [1.54, 1.807) is 6.08 Å². The second-order valence-electron chi connectivity index (χ2n) is 6.79. The molecule has 0 aliphatic heterocycles. The number of likely N-dealkylation sites (N-methyl/N-ethyl adjacent to an activating group) is 1. The van der Waals surface area contributed by atoms with Crippen molar-refractivity contribution in [2.24, 2.45) is 0 Å². The quantitative estimate of drug-likeness (QED) is 0.512. The topological polar surface area (TPSA) is 32.8 Å². The van der Waals surface area contributed by atoms with Crippen LogP contribution in [0, 0.1) is 0 Å². The number of carbonyl (C=O) groups excluding carboxylic acids is 1. The number of carbonyl (C=O) groups is 1. The Morgan fingerprint density at radius 2 is 1.77 bits per heavy atom. The Labute approximate surface area is 156 Å². The number of allylic oxidation sites excluding steroid dienone is 1. The summed E-state index contributed by atoms with van der Waals surface area (Å²) in [4.78, 5) is 15.5. The third kappa shape index (κ3) is 5.83. The van der Waals surface area contributed by atoms with E-state index in [0.29, 0.717) is 6.61 Å². The van der Waals surface area contributed by atoms with Crippen LogP contribution < -0.4 is 4.74 Å². The van der Waals surface area contributed by atoms with Gasteiger partial charge in [-0.25, -0.2) is 0 Å². The maximum absolute atomic E-state index is 11.3. The number of aldehydes is 1. The van der Waals surface area contributed by atoms with Gasteiger partial charge in [-0.05, 0) is 68.7 Å². The molecule has 0 amide bonds. The average molecular weight is 352 g/mol. The zero-order valence-corrected chi connectivity index (χ0v) is 16.1. The van der Waals surface area contributed by atoms with Gasteiger partial charge in [-0.15, -0.1) is 0 Å². The van der Waals surface area contributed by atoms with Gasteiger partial charge >= 0.3 is 0 Å². The highest BCUT2D eigenvalue weighted by Crippen LogP contribution is 2.29. The van der Waals surface area contributed by atoms with E-state index in [4.69, 9.17) is 4.74 Å². The number of hydrogen-bond donors (Lipinski definition) is 0. The molecule has 0 aromatic heterocycles. The van der Waals surface area contributed by atoms with Gasteiger partial charge in [0.15, 0.2) is 0 Å². The Bertz CT molecular complexity index is 751. The van der Waals surface area contributed by atoms with Crippen molar-refractivity contribution in [1.82, 2.24) is 9.80 Å². The molecule has 0 saturated heterocycles. The van der Waals surface area contributed by atoms with Gasteiger partial charge in [0.05, 0.1) is 0 Å². The van der Waals surface area contributed by atoms with Gasteiger partial charge in [-0.3, -0.25) is 4.79 Å². The Morgan fingerprint density at radius 1 is 1.00 bits per heavy atom. The van der Waals surface area contributed by atoms with Gasteiger partial charge in [0.1, 0.15) is 18.6 Å². The Morgan fingerprint density at radius 3 is 2.46 bits per heavy atom. The fourth-order valence-electron chi connectivity index (χ4n) is 2.77. The first-order valence-electron chi connectivity index (χ1n) is 8.77. The van der Waals surface area contributed by atoms with E-state index in [2.05, 4.69) is 21.9 Å². The van der Waals surface area contributed by atoms with Crippen molar-refractivity contribution in [2.75, 3.05) is 41.3 Å². The van der Waals surface area contributed by atoms with Crippen LogP contribution in [0.2, 0.25) is 0 Å². The Kier molecular flexibility index (Phi) is 7.57. The summed E-state index contributed by atoms with van der Waals surface area (Å²) in [5.74, 6) is 0.811. The average Bonchev–Trinajstić information content (AvgIpc) is 2.60. The standard InChI is InChI=1S/C22H28N2O2/c1-23(2)13-15-26-20-10-7-9-18(16-20)22(12-14-25)21-11-6-5-8-19(21)17-24(3)4/h5-12,14,16H,13,15,17H2,1-4H3. The molecular weight excluding hydrogens is 324 g/mol. The van der Waals surface area contributed by atoms with Gasteiger partial charge in [0.25, 0.3) is 0 Å². The van der Waals surface area contributed by atoms with E-state index in [-0.39, 0.29) is 0 Å². The molecule has 0 heterocycles. The molecule has 2 aromatic carbocycles. The highest BCUT2D eigenvalue weighted by molar-refractivity contribution is 5.90. The normalized spacial score (nSPS) is 11.8. The first-order chi connectivity index (χ1) is 12.5. The van der Waals surface area contributed by atoms with Gasteiger partial charge in [0, 0.05) is 13.1 Å². The Hall–Kier alpha value is -2.43. The fraction of sp³-hybridized carbons (Fsp3) is 0.318. The molecule has 4 nitrogen and oxygen atoms in total. The lowest BCUT2D eigenvalue weighted by molar-refractivity contribution is -0.104. The van der Waals surface area contributed by atoms with Crippen LogP contribution in [0.3, 0.4) is 0 Å². The summed E-state index contributed by atoms with van der Waals surface area (Å²) in [6.45, 7) is 2.29. The lowest BCUT2D eigenvalue weighted by Crippen LogP contribution is -2.19. The third-order valence-corrected chi connectivity index (χ3v) is 3.98. The van der Waals surface area contributed by atoms with Gasteiger partial charge in [-0.2, -0.15) is 0 Å². The van der Waals surface area contributed by atoms with E-state index in [1.165, 1.54) is 5.56 Å². The first kappa shape index (κ1) is 19.9. The van der Waals surface area contributed by atoms with Gasteiger partial charge in [0.2, 0.25) is 0 Å². The summed E-state index contributed by atoms with van der Waals surface area (Å²) in [6, 6.07) is 16.1. The fourth-order valence-corrected chi connectivity index (χ4v) is 2.77. The summed E-state index contributed by atoms with van der Waals surface area (Å²) in [7, 11) is 8.12. The third-order valence-electron chi connectivity index (χ3n) is 3.98. The number of benzene rings is 2. The molecule has 0 saturated carbocycles. The molecule has 138 valence electrons. The highest BCUT2D eigenvalue weighted by atomic mass is 16.5. The lowest BCUT2D eigenvalue weighted by atomic mass is 9.93. The molecule has 0 bridgehead atoms. The second kappa shape index (κ2) is 9.90. The van der Waals surface area contributed by atoms with Gasteiger partial charge < -0.3 is 14.5 Å². The molecular formula is C22H28N2O2. The predicted octanol–water partition coefficient (Wildman–Crippen LogP) is 3.32. The van der Waals surface area contributed by atoms with Crippen molar-refractivity contribution < 1.29 is 9.53 Å². The van der Waals surface area contributed by atoms with Crippen molar-refractivity contribution in [3.05, 3.63) is 71.3 Å². The minimum absolute atomic E-state index is 0.625. The van der Waals surface area contributed by atoms with E-state index in [1.807, 2.05) is 64.6 Å². The van der Waals surface area contributed by atoms with Crippen LogP contribution in [0.5, 0.6) is 5.75 Å². The van der Waals surface area contributed by atoms with E-state index in [9.17, 15) is 4.79 Å². The SMILES string of the molecule is CN(C)CCOc1cccc(C(=CC=O)c2ccccc2CN(C)C)c1. The largest absolute Gasteiger partial charge is 0.492 e. The highest BCUT2D eigenvalue weighted by Gasteiger charge is 2.11. The zero-order valence-electron chi connectivity index (χ0n) is 16.1. The molecule has 0 fully saturated rings. The summed E-state index contributed by atoms with van der Waals surface area (Å²) in [5, 5.41) is 0. The lowest BCUT2D eigenvalue weighted by Gasteiger charge is -2.17. The molecule has 0 unspecified atom stereocenters. The van der Waals surface area contributed by atoms with Crippen molar-refractivity contribution >= 4 is 11.9 Å². The van der Waals surface area contributed by atoms with Crippen LogP contribution in [-0.2, 0) is 11.3 Å². The molecule has 0 aliphatic rings. The summed E-state index contributed by atoms with van der Waals surface area (Å²) < 4.78 is 5.85. The summed E-state index contributed by atoms with van der Waals surface area (Å²) in [6.07, 6.45) is 2.48. The minimum atomic E-state index is 0.625. The van der Waals surface area contributed by atoms with Crippen LogP contribution >= 0.6 is 0 Å². The van der Waals surface area contributed by atoms with Crippen LogP contribution in [0.25, 0.3) is 5.57 Å². The number of rotatable bonds is 9. The molecule has 2 aromatic rings. The Balaban J connectivity index is 2.34. The second-order valence-corrected chi connectivity index (χ2v) is 6.79. The monoisotopic (exact) mass is 352 g/mol. The van der Waals surface area contributed by atoms with Crippen LogP contribution in [-0.4, -0.2) is 57.4 Å². The van der Waals surface area contributed by atoms with E-state index in [0.717, 1.165) is 41.8 Å². The first-order valence-corrected chi connectivity index (χ1v) is 8.77. The molecule has 0 radical (unpaired) electrons. The smallest absolute Gasteiger partial charge is 0.143 e. The molecule has 0 spiro atoms. The van der Waals surface area contributed by atoms with Crippen LogP contribution in [0.4, 0.5) is 0 Å². The number of ether oxygens (including phenoxy) is 1. The van der Waals surface area contributed by atoms with Crippen LogP contribution in [0.1, 0.15) is 16.7 Å². The van der Waals surface area contributed by atoms with Gasteiger partial charge in [-0.1, -0.05) is 36.4 Å². The zero-order chi connectivity index (χ0) is 18.9. The number of hydrogen-bond acceptors (Lipinski definition) is 4. The minimum Gasteiger partial charge on any atom is -0.492 e. The molecule has 0 atom stereocenters. The summed E-state index contributed by atoms with van der Waals surface area (Å²) in [5.41, 5.74) is 4.14. The molecule has 26 heavy (non-hydrogen) atoms. The van der Waals surface area contributed by atoms with Crippen molar-refractivity contribution in [2.45, 2.75) is 6.54 Å². The molecule has 0 N–H and O–H groups in total. The van der Waals surface area contributed by atoms with E-state index < -0.39 is 0 Å². The maximum atomic E-state index is 11.3. The van der Waals surface area contributed by atoms with Crippen molar-refractivity contribution in [3.8, 4) is 5.75 Å². The molecule has 0 aliphatic carbocycles. The predicted molar refractivity (Wildman–Crippen MR) is 107 cm³/mol. The molecule has 2 rings (SSSR count). The van der Waals surface area contributed by atoms with Crippen molar-refractivity contribution in [1.29, 1.82) is 0 Å². The molecule has 4 heteroatoms. The van der Waals surface area contributed by atoms with Crippen LogP contribution in [0.15, 0.2) is 54.6 Å². The number of nitrogens with zero attached hydrogens (tertiary/aromatic N) is 2.